The van der Waals surface area contributed by atoms with Crippen molar-refractivity contribution in [3.8, 4) is 0 Å². The molecule has 2 aliphatic heterocycles. The second-order valence-corrected chi connectivity index (χ2v) is 6.73. The van der Waals surface area contributed by atoms with Crippen LogP contribution in [0.1, 0.15) is 18.5 Å². The summed E-state index contributed by atoms with van der Waals surface area (Å²) in [6.07, 6.45) is 1.76. The fourth-order valence-corrected chi connectivity index (χ4v) is 3.85. The Morgan fingerprint density at radius 3 is 2.70 bits per heavy atom. The minimum atomic E-state index is 0.0817. The number of amides is 2. The molecule has 0 unspecified atom stereocenters. The molecule has 0 spiro atoms. The van der Waals surface area contributed by atoms with Crippen LogP contribution in [0, 0.1) is 0 Å². The number of aromatic nitrogens is 1. The van der Waals surface area contributed by atoms with Crippen LogP contribution < -0.4 is 4.90 Å². The predicted molar refractivity (Wildman–Crippen MR) is 87.5 cm³/mol. The first-order valence-corrected chi connectivity index (χ1v) is 8.91. The van der Waals surface area contributed by atoms with E-state index < -0.39 is 0 Å². The zero-order valence-corrected chi connectivity index (χ0v) is 13.9. The number of carbonyl (C=O) groups is 2. The number of piperazine rings is 1. The van der Waals surface area contributed by atoms with Gasteiger partial charge in [0.15, 0.2) is 5.13 Å². The molecular formula is C15H22N4O3S. The summed E-state index contributed by atoms with van der Waals surface area (Å²) in [5.74, 6) is 0.204. The molecule has 0 radical (unpaired) electrons. The zero-order valence-electron chi connectivity index (χ0n) is 13.1. The molecule has 0 bridgehead atoms. The Bertz CT molecular complexity index is 569. The molecule has 23 heavy (non-hydrogen) atoms. The van der Waals surface area contributed by atoms with Crippen molar-refractivity contribution in [3.05, 3.63) is 11.1 Å². The van der Waals surface area contributed by atoms with Crippen molar-refractivity contribution in [2.75, 3.05) is 50.8 Å². The van der Waals surface area contributed by atoms with Crippen molar-refractivity contribution < 1.29 is 14.7 Å². The Morgan fingerprint density at radius 2 is 2.04 bits per heavy atom. The van der Waals surface area contributed by atoms with Gasteiger partial charge in [-0.3, -0.25) is 19.4 Å². The Balaban J connectivity index is 1.52. The number of hydrogen-bond acceptors (Lipinski definition) is 6. The van der Waals surface area contributed by atoms with Gasteiger partial charge >= 0.3 is 0 Å². The summed E-state index contributed by atoms with van der Waals surface area (Å²) < 4.78 is 0. The maximum Gasteiger partial charge on any atom is 0.228 e. The molecule has 8 heteroatoms. The third-order valence-electron chi connectivity index (χ3n) is 4.32. The molecule has 3 heterocycles. The first-order chi connectivity index (χ1) is 11.2. The van der Waals surface area contributed by atoms with E-state index in [-0.39, 0.29) is 18.4 Å². The van der Waals surface area contributed by atoms with Crippen LogP contribution in [0.2, 0.25) is 0 Å². The number of thiazole rings is 1. The lowest BCUT2D eigenvalue weighted by molar-refractivity contribution is -0.132. The van der Waals surface area contributed by atoms with Gasteiger partial charge in [0, 0.05) is 51.1 Å². The number of aliphatic hydroxyl groups excluding tert-OH is 1. The normalized spacial score (nSPS) is 19.6. The van der Waals surface area contributed by atoms with Gasteiger partial charge in [-0.2, -0.15) is 0 Å². The minimum Gasteiger partial charge on any atom is -0.395 e. The van der Waals surface area contributed by atoms with E-state index in [2.05, 4.69) is 9.88 Å². The first-order valence-electron chi connectivity index (χ1n) is 8.03. The molecule has 2 aliphatic rings. The van der Waals surface area contributed by atoms with Crippen LogP contribution in [-0.2, 0) is 16.0 Å². The van der Waals surface area contributed by atoms with Crippen molar-refractivity contribution in [3.63, 3.8) is 0 Å². The van der Waals surface area contributed by atoms with E-state index >= 15 is 0 Å². The van der Waals surface area contributed by atoms with Gasteiger partial charge in [-0.05, 0) is 6.42 Å². The van der Waals surface area contributed by atoms with Crippen molar-refractivity contribution in [1.82, 2.24) is 14.8 Å². The number of carbonyl (C=O) groups excluding carboxylic acids is 2. The second-order valence-electron chi connectivity index (χ2n) is 5.89. The van der Waals surface area contributed by atoms with Gasteiger partial charge in [0.1, 0.15) is 0 Å². The van der Waals surface area contributed by atoms with Gasteiger partial charge in [0.2, 0.25) is 11.8 Å². The lowest BCUT2D eigenvalue weighted by Crippen LogP contribution is -2.49. The summed E-state index contributed by atoms with van der Waals surface area (Å²) in [7, 11) is 0. The number of anilines is 1. The van der Waals surface area contributed by atoms with Crippen LogP contribution in [-0.4, -0.2) is 77.6 Å². The second kappa shape index (κ2) is 7.37. The van der Waals surface area contributed by atoms with E-state index in [4.69, 9.17) is 5.11 Å². The highest BCUT2D eigenvalue weighted by Gasteiger charge is 2.25. The highest BCUT2D eigenvalue weighted by Crippen LogP contribution is 2.25. The van der Waals surface area contributed by atoms with E-state index in [1.165, 1.54) is 11.3 Å². The number of hydrogen-bond donors (Lipinski definition) is 1. The summed E-state index contributed by atoms with van der Waals surface area (Å²) in [6.45, 7) is 4.55. The van der Waals surface area contributed by atoms with Crippen LogP contribution in [0.15, 0.2) is 5.38 Å². The van der Waals surface area contributed by atoms with Crippen LogP contribution in [0.3, 0.4) is 0 Å². The summed E-state index contributed by atoms with van der Waals surface area (Å²) >= 11 is 1.43. The molecule has 1 aromatic rings. The molecule has 2 saturated heterocycles. The molecular weight excluding hydrogens is 316 g/mol. The highest BCUT2D eigenvalue weighted by molar-refractivity contribution is 7.14. The van der Waals surface area contributed by atoms with E-state index in [0.717, 1.165) is 31.7 Å². The predicted octanol–water partition coefficient (Wildman–Crippen LogP) is -0.0511. The van der Waals surface area contributed by atoms with Crippen LogP contribution >= 0.6 is 11.3 Å². The minimum absolute atomic E-state index is 0.0817. The van der Waals surface area contributed by atoms with Crippen molar-refractivity contribution >= 4 is 28.3 Å². The Morgan fingerprint density at radius 1 is 1.26 bits per heavy atom. The molecule has 3 rings (SSSR count). The van der Waals surface area contributed by atoms with E-state index in [1.54, 1.807) is 4.90 Å². The number of β-amino-alcohol motifs (C(OH)–C–C–N with tert-alkyl or cyclic N) is 1. The number of rotatable bonds is 5. The molecule has 0 aromatic carbocycles. The Hall–Kier alpha value is -1.51. The van der Waals surface area contributed by atoms with Crippen molar-refractivity contribution in [1.29, 1.82) is 0 Å². The average molecular weight is 338 g/mol. The SMILES string of the molecule is O=C(Cc1csc(N2CCCC2=O)n1)N1CCN(CCO)CC1. The topological polar surface area (TPSA) is 77.0 Å². The van der Waals surface area contributed by atoms with Crippen molar-refractivity contribution in [2.24, 2.45) is 0 Å². The quantitative estimate of drug-likeness (QED) is 0.814. The Labute approximate surface area is 139 Å². The fraction of sp³-hybridized carbons (Fsp3) is 0.667. The first kappa shape index (κ1) is 16.4. The lowest BCUT2D eigenvalue weighted by Gasteiger charge is -2.34. The largest absolute Gasteiger partial charge is 0.395 e. The summed E-state index contributed by atoms with van der Waals surface area (Å²) in [5.41, 5.74) is 0.743. The smallest absolute Gasteiger partial charge is 0.228 e. The zero-order chi connectivity index (χ0) is 16.2. The molecule has 0 aliphatic carbocycles. The van der Waals surface area contributed by atoms with Gasteiger partial charge < -0.3 is 10.0 Å². The van der Waals surface area contributed by atoms with E-state index in [0.29, 0.717) is 37.6 Å². The lowest BCUT2D eigenvalue weighted by atomic mass is 10.2. The maximum absolute atomic E-state index is 12.4. The number of aliphatic hydroxyl groups is 1. The van der Waals surface area contributed by atoms with Gasteiger partial charge in [-0.1, -0.05) is 0 Å². The third-order valence-corrected chi connectivity index (χ3v) is 5.23. The molecule has 126 valence electrons. The fourth-order valence-electron chi connectivity index (χ4n) is 2.98. The molecule has 2 amide bonds. The molecule has 7 nitrogen and oxygen atoms in total. The standard InChI is InChI=1S/C15H22N4O3S/c20-9-8-17-4-6-18(7-5-17)14(22)10-12-11-23-15(16-12)19-3-1-2-13(19)21/h11,20H,1-10H2. The number of nitrogens with zero attached hydrogens (tertiary/aromatic N) is 4. The molecule has 0 saturated carbocycles. The third kappa shape index (κ3) is 3.88. The van der Waals surface area contributed by atoms with Gasteiger partial charge in [0.25, 0.3) is 0 Å². The van der Waals surface area contributed by atoms with Crippen molar-refractivity contribution in [2.45, 2.75) is 19.3 Å². The summed E-state index contributed by atoms with van der Waals surface area (Å²) in [4.78, 5) is 34.3. The molecule has 1 aromatic heterocycles. The molecule has 0 atom stereocenters. The maximum atomic E-state index is 12.4. The summed E-state index contributed by atoms with van der Waals surface area (Å²) in [6, 6.07) is 0. The molecule has 2 fully saturated rings. The van der Waals surface area contributed by atoms with Gasteiger partial charge in [-0.25, -0.2) is 4.98 Å². The van der Waals surface area contributed by atoms with Gasteiger partial charge in [-0.15, -0.1) is 11.3 Å². The van der Waals surface area contributed by atoms with Gasteiger partial charge in [0.05, 0.1) is 18.7 Å². The Kier molecular flexibility index (Phi) is 5.24. The monoisotopic (exact) mass is 338 g/mol. The van der Waals surface area contributed by atoms with E-state index in [9.17, 15) is 9.59 Å². The highest BCUT2D eigenvalue weighted by atomic mass is 32.1. The molecule has 1 N–H and O–H groups in total. The van der Waals surface area contributed by atoms with Crippen LogP contribution in [0.5, 0.6) is 0 Å². The van der Waals surface area contributed by atoms with E-state index in [1.807, 2.05) is 10.3 Å². The average Bonchev–Trinajstić information content (AvgIpc) is 3.17. The van der Waals surface area contributed by atoms with Crippen LogP contribution in [0.25, 0.3) is 0 Å². The summed E-state index contributed by atoms with van der Waals surface area (Å²) in [5, 5.41) is 11.5. The van der Waals surface area contributed by atoms with Crippen LogP contribution in [0.4, 0.5) is 5.13 Å².